The van der Waals surface area contributed by atoms with Crippen LogP contribution in [0.25, 0.3) is 11.3 Å². The maximum Gasteiger partial charge on any atom is 0.264 e. The minimum atomic E-state index is -0.224. The maximum absolute atomic E-state index is 12.4. The van der Waals surface area contributed by atoms with Crippen LogP contribution in [0.2, 0.25) is 0 Å². The van der Waals surface area contributed by atoms with Crippen LogP contribution in [0.4, 0.5) is 5.13 Å². The van der Waals surface area contributed by atoms with E-state index >= 15 is 0 Å². The number of hydrogen-bond acceptors (Lipinski definition) is 4. The number of hydrogen-bond donors (Lipinski definition) is 1. The van der Waals surface area contributed by atoms with Gasteiger partial charge in [-0.05, 0) is 54.0 Å². The van der Waals surface area contributed by atoms with Crippen LogP contribution in [0.15, 0.2) is 53.0 Å². The molecule has 2 aromatic carbocycles. The summed E-state index contributed by atoms with van der Waals surface area (Å²) in [4.78, 5) is 18.0. The fourth-order valence-corrected chi connectivity index (χ4v) is 5.18. The van der Waals surface area contributed by atoms with Crippen molar-refractivity contribution in [3.63, 3.8) is 0 Å². The molecule has 4 nitrogen and oxygen atoms in total. The molecule has 1 heterocycles. The molecule has 0 aliphatic rings. The van der Waals surface area contributed by atoms with Gasteiger partial charge >= 0.3 is 0 Å². The first-order chi connectivity index (χ1) is 14.9. The van der Waals surface area contributed by atoms with E-state index in [1.807, 2.05) is 43.3 Å². The molecule has 170 valence electrons. The molecule has 0 bridgehead atoms. The standard InChI is InChI=1S/C26H31BrN2O2S/c1-17-23(18-7-11-20(27)12-8-18)29-24(32-17)28-22(30)15-31-21-13-9-19(10-14-21)26(5,6)16-25(2,3)4/h7-14H,15-16H2,1-6H3,(H,28,29,30). The number of benzene rings is 2. The zero-order valence-electron chi connectivity index (χ0n) is 19.6. The zero-order chi connectivity index (χ0) is 23.5. The van der Waals surface area contributed by atoms with Crippen molar-refractivity contribution >= 4 is 38.3 Å². The van der Waals surface area contributed by atoms with Crippen LogP contribution in [0, 0.1) is 12.3 Å². The second kappa shape index (κ2) is 9.75. The highest BCUT2D eigenvalue weighted by molar-refractivity contribution is 9.10. The van der Waals surface area contributed by atoms with Gasteiger partial charge in [0.15, 0.2) is 11.7 Å². The Hall–Kier alpha value is -2.18. The molecular formula is C26H31BrN2O2S. The molecule has 1 N–H and O–H groups in total. The van der Waals surface area contributed by atoms with Gasteiger partial charge in [-0.25, -0.2) is 4.98 Å². The van der Waals surface area contributed by atoms with Gasteiger partial charge in [-0.1, -0.05) is 74.8 Å². The van der Waals surface area contributed by atoms with E-state index in [0.29, 0.717) is 10.9 Å². The van der Waals surface area contributed by atoms with Crippen molar-refractivity contribution < 1.29 is 9.53 Å². The Balaban J connectivity index is 1.57. The molecule has 0 radical (unpaired) electrons. The van der Waals surface area contributed by atoms with Gasteiger partial charge in [0.2, 0.25) is 0 Å². The molecule has 0 fully saturated rings. The van der Waals surface area contributed by atoms with Crippen molar-refractivity contribution in [2.24, 2.45) is 5.41 Å². The first kappa shape index (κ1) is 24.5. The Morgan fingerprint density at radius 2 is 1.66 bits per heavy atom. The Labute approximate surface area is 203 Å². The number of aromatic nitrogens is 1. The summed E-state index contributed by atoms with van der Waals surface area (Å²) in [7, 11) is 0. The molecule has 0 unspecified atom stereocenters. The third-order valence-electron chi connectivity index (χ3n) is 5.14. The van der Waals surface area contributed by atoms with Crippen molar-refractivity contribution in [2.45, 2.75) is 53.4 Å². The quantitative estimate of drug-likeness (QED) is 0.352. The molecule has 0 atom stereocenters. The largest absolute Gasteiger partial charge is 0.484 e. The van der Waals surface area contributed by atoms with E-state index < -0.39 is 0 Å². The SMILES string of the molecule is Cc1sc(NC(=O)COc2ccc(C(C)(C)CC(C)(C)C)cc2)nc1-c1ccc(Br)cc1. The monoisotopic (exact) mass is 514 g/mol. The summed E-state index contributed by atoms with van der Waals surface area (Å²) in [6.45, 7) is 13.3. The van der Waals surface area contributed by atoms with Gasteiger partial charge < -0.3 is 4.74 Å². The Bertz CT molecular complexity index is 1060. The van der Waals surface area contributed by atoms with Gasteiger partial charge in [-0.2, -0.15) is 0 Å². The second-order valence-corrected chi connectivity index (χ2v) is 12.0. The van der Waals surface area contributed by atoms with Crippen molar-refractivity contribution in [1.29, 1.82) is 0 Å². The lowest BCUT2D eigenvalue weighted by molar-refractivity contribution is -0.118. The van der Waals surface area contributed by atoms with Gasteiger partial charge in [-0.15, -0.1) is 11.3 Å². The third kappa shape index (κ3) is 6.66. The Kier molecular flexibility index (Phi) is 7.46. The minimum absolute atomic E-state index is 0.0586. The van der Waals surface area contributed by atoms with Crippen LogP contribution in [-0.2, 0) is 10.2 Å². The molecule has 3 aromatic rings. The lowest BCUT2D eigenvalue weighted by Crippen LogP contribution is -2.24. The average molecular weight is 516 g/mol. The van der Waals surface area contributed by atoms with Crippen molar-refractivity contribution in [1.82, 2.24) is 4.98 Å². The number of amides is 1. The van der Waals surface area contributed by atoms with Crippen molar-refractivity contribution in [3.8, 4) is 17.0 Å². The van der Waals surface area contributed by atoms with E-state index in [9.17, 15) is 4.79 Å². The lowest BCUT2D eigenvalue weighted by Gasteiger charge is -2.33. The van der Waals surface area contributed by atoms with Crippen LogP contribution < -0.4 is 10.1 Å². The van der Waals surface area contributed by atoms with E-state index in [-0.39, 0.29) is 23.3 Å². The van der Waals surface area contributed by atoms with Gasteiger partial charge in [0.25, 0.3) is 5.91 Å². The fraction of sp³-hybridized carbons (Fsp3) is 0.385. The molecule has 0 aliphatic heterocycles. The molecule has 1 aromatic heterocycles. The molecular weight excluding hydrogens is 484 g/mol. The summed E-state index contributed by atoms with van der Waals surface area (Å²) >= 11 is 4.91. The lowest BCUT2D eigenvalue weighted by atomic mass is 9.72. The highest BCUT2D eigenvalue weighted by Crippen LogP contribution is 2.36. The topological polar surface area (TPSA) is 51.2 Å². The van der Waals surface area contributed by atoms with Gasteiger partial charge in [0.1, 0.15) is 5.75 Å². The number of carbonyl (C=O) groups excluding carboxylic acids is 1. The predicted molar refractivity (Wildman–Crippen MR) is 138 cm³/mol. The number of halogens is 1. The molecule has 6 heteroatoms. The number of rotatable bonds is 7. The number of aryl methyl sites for hydroxylation is 1. The Morgan fingerprint density at radius 3 is 2.25 bits per heavy atom. The highest BCUT2D eigenvalue weighted by atomic mass is 79.9. The summed E-state index contributed by atoms with van der Waals surface area (Å²) in [5, 5.41) is 3.43. The minimum Gasteiger partial charge on any atom is -0.484 e. The normalized spacial score (nSPS) is 12.0. The predicted octanol–water partition coefficient (Wildman–Crippen LogP) is 7.61. The molecule has 0 saturated carbocycles. The highest BCUT2D eigenvalue weighted by Gasteiger charge is 2.27. The van der Waals surface area contributed by atoms with E-state index in [2.05, 4.69) is 73.0 Å². The summed E-state index contributed by atoms with van der Waals surface area (Å²) in [6.07, 6.45) is 1.08. The van der Waals surface area contributed by atoms with Crippen LogP contribution in [-0.4, -0.2) is 17.5 Å². The number of nitrogens with zero attached hydrogens (tertiary/aromatic N) is 1. The van der Waals surface area contributed by atoms with Crippen LogP contribution in [0.3, 0.4) is 0 Å². The summed E-state index contributed by atoms with van der Waals surface area (Å²) in [5.74, 6) is 0.458. The molecule has 3 rings (SSSR count). The molecule has 0 aliphatic carbocycles. The molecule has 1 amide bonds. The van der Waals surface area contributed by atoms with Gasteiger partial charge in [-0.3, -0.25) is 10.1 Å². The van der Waals surface area contributed by atoms with Gasteiger partial charge in [0, 0.05) is 14.9 Å². The van der Waals surface area contributed by atoms with Crippen LogP contribution in [0.5, 0.6) is 5.75 Å². The van der Waals surface area contributed by atoms with Crippen LogP contribution in [0.1, 0.15) is 51.5 Å². The first-order valence-corrected chi connectivity index (χ1v) is 12.3. The summed E-state index contributed by atoms with van der Waals surface area (Å²) < 4.78 is 6.72. The van der Waals surface area contributed by atoms with Crippen molar-refractivity contribution in [3.05, 3.63) is 63.4 Å². The van der Waals surface area contributed by atoms with E-state index in [1.54, 1.807) is 0 Å². The first-order valence-electron chi connectivity index (χ1n) is 10.7. The van der Waals surface area contributed by atoms with E-state index in [0.717, 1.165) is 27.0 Å². The molecule has 0 spiro atoms. The maximum atomic E-state index is 12.4. The van der Waals surface area contributed by atoms with Gasteiger partial charge in [0.05, 0.1) is 5.69 Å². The average Bonchev–Trinajstić information content (AvgIpc) is 3.05. The fourth-order valence-electron chi connectivity index (χ4n) is 4.06. The number of anilines is 1. The molecule has 0 saturated heterocycles. The Morgan fingerprint density at radius 1 is 1.03 bits per heavy atom. The number of thiazole rings is 1. The second-order valence-electron chi connectivity index (χ2n) is 9.91. The third-order valence-corrected chi connectivity index (χ3v) is 6.55. The number of nitrogens with one attached hydrogen (secondary N) is 1. The smallest absolute Gasteiger partial charge is 0.264 e. The van der Waals surface area contributed by atoms with E-state index in [4.69, 9.17) is 4.74 Å². The number of carbonyl (C=O) groups is 1. The van der Waals surface area contributed by atoms with Crippen LogP contribution >= 0.6 is 27.3 Å². The zero-order valence-corrected chi connectivity index (χ0v) is 22.0. The van der Waals surface area contributed by atoms with E-state index in [1.165, 1.54) is 16.9 Å². The summed E-state index contributed by atoms with van der Waals surface area (Å²) in [6, 6.07) is 16.0. The summed E-state index contributed by atoms with van der Waals surface area (Å²) in [5.41, 5.74) is 3.49. The molecule has 32 heavy (non-hydrogen) atoms. The number of ether oxygens (including phenoxy) is 1. The van der Waals surface area contributed by atoms with Crippen molar-refractivity contribution in [2.75, 3.05) is 11.9 Å².